The zero-order valence-corrected chi connectivity index (χ0v) is 18.2. The van der Waals surface area contributed by atoms with Gasteiger partial charge in [-0.25, -0.2) is 0 Å². The Kier molecular flexibility index (Phi) is 5.91. The smallest absolute Gasteiger partial charge is 0.224 e. The summed E-state index contributed by atoms with van der Waals surface area (Å²) in [6.07, 6.45) is 0. The molecule has 2 heterocycles. The van der Waals surface area contributed by atoms with Gasteiger partial charge in [0.2, 0.25) is 5.91 Å². The van der Waals surface area contributed by atoms with E-state index in [1.807, 2.05) is 26.1 Å². The molecule has 4 rings (SSSR count). The fourth-order valence-electron chi connectivity index (χ4n) is 3.45. The maximum Gasteiger partial charge on any atom is 0.224 e. The monoisotopic (exact) mass is 462 g/mol. The van der Waals surface area contributed by atoms with Crippen molar-refractivity contribution in [1.29, 1.82) is 0 Å². The quantitative estimate of drug-likeness (QED) is 0.573. The predicted octanol–water partition coefficient (Wildman–Crippen LogP) is 4.61. The molecule has 146 valence electrons. The zero-order chi connectivity index (χ0) is 20.6. The molecule has 0 saturated heterocycles. The molecule has 2 aliphatic rings. The maximum absolute atomic E-state index is 11.8. The highest BCUT2D eigenvalue weighted by molar-refractivity contribution is 9.10. The Labute approximate surface area is 177 Å². The highest BCUT2D eigenvalue weighted by Gasteiger charge is 2.29. The fourth-order valence-corrected chi connectivity index (χ4v) is 3.96. The predicted molar refractivity (Wildman–Crippen MR) is 115 cm³/mol. The summed E-state index contributed by atoms with van der Waals surface area (Å²) in [6, 6.07) is 10.8. The van der Waals surface area contributed by atoms with Crippen LogP contribution >= 0.6 is 27.5 Å². The number of anilines is 2. The largest absolute Gasteiger partial charge is 0.373 e. The van der Waals surface area contributed by atoms with Gasteiger partial charge < -0.3 is 9.80 Å². The van der Waals surface area contributed by atoms with Crippen molar-refractivity contribution in [3.63, 3.8) is 0 Å². The summed E-state index contributed by atoms with van der Waals surface area (Å²) < 4.78 is 0.872. The van der Waals surface area contributed by atoms with E-state index in [0.29, 0.717) is 16.3 Å². The van der Waals surface area contributed by atoms with E-state index >= 15 is 0 Å². The third-order valence-corrected chi connectivity index (χ3v) is 5.59. The first-order valence-electron chi connectivity index (χ1n) is 8.84. The van der Waals surface area contributed by atoms with Gasteiger partial charge in [0, 0.05) is 52.7 Å². The van der Waals surface area contributed by atoms with Crippen LogP contribution in [0.5, 0.6) is 0 Å². The lowest BCUT2D eigenvalue weighted by atomic mass is 9.93. The second-order valence-electron chi connectivity index (χ2n) is 7.00. The minimum atomic E-state index is -0.102. The number of hydrogen-bond donors (Lipinski definition) is 0. The number of nitrogens with zero attached hydrogens (tertiary/aromatic N) is 2. The molecule has 0 aromatic heterocycles. The van der Waals surface area contributed by atoms with Crippen LogP contribution in [0.25, 0.3) is 0 Å². The van der Waals surface area contributed by atoms with Crippen LogP contribution in [0.15, 0.2) is 40.9 Å². The minimum Gasteiger partial charge on any atom is -0.373 e. The number of halogens is 2. The molecule has 0 saturated carbocycles. The molecule has 0 radical (unpaired) electrons. The lowest BCUT2D eigenvalue weighted by Crippen LogP contribution is -2.35. The number of rotatable bonds is 0. The van der Waals surface area contributed by atoms with Crippen LogP contribution in [-0.4, -0.2) is 37.6 Å². The maximum atomic E-state index is 11.8. The molecule has 7 heteroatoms. The molecule has 0 N–H and O–H groups in total. The van der Waals surface area contributed by atoms with Gasteiger partial charge in [-0.15, -0.1) is 0 Å². The molecule has 2 aromatic carbocycles. The molecule has 0 fully saturated rings. The van der Waals surface area contributed by atoms with E-state index < -0.39 is 0 Å². The number of carbonyl (C=O) groups is 3. The molecule has 2 aromatic rings. The van der Waals surface area contributed by atoms with Crippen LogP contribution in [0.1, 0.15) is 34.6 Å². The van der Waals surface area contributed by atoms with Crippen molar-refractivity contribution in [1.82, 2.24) is 0 Å². The first-order chi connectivity index (χ1) is 13.2. The molecule has 1 atom stereocenters. The van der Waals surface area contributed by atoms with Gasteiger partial charge in [0.25, 0.3) is 0 Å². The second kappa shape index (κ2) is 8.05. The summed E-state index contributed by atoms with van der Waals surface area (Å²) in [5.41, 5.74) is 3.07. The third kappa shape index (κ3) is 3.98. The van der Waals surface area contributed by atoms with E-state index in [0.717, 1.165) is 22.3 Å². The van der Waals surface area contributed by atoms with Crippen LogP contribution in [0.2, 0.25) is 5.02 Å². The van der Waals surface area contributed by atoms with Gasteiger partial charge in [-0.1, -0.05) is 34.5 Å². The summed E-state index contributed by atoms with van der Waals surface area (Å²) in [6.45, 7) is 4.35. The zero-order valence-electron chi connectivity index (χ0n) is 15.8. The SMILES string of the molecule is CC(=O)N1CC(=O)c2ccc(Br)cc21.CC1CN(C)c2cc(Cl)ccc2C1=O. The first-order valence-corrected chi connectivity index (χ1v) is 10.0. The summed E-state index contributed by atoms with van der Waals surface area (Å²) >= 11 is 9.20. The molecule has 0 spiro atoms. The molecular weight excluding hydrogens is 444 g/mol. The highest BCUT2D eigenvalue weighted by atomic mass is 79.9. The van der Waals surface area contributed by atoms with Gasteiger partial charge in [-0.05, 0) is 36.4 Å². The van der Waals surface area contributed by atoms with Gasteiger partial charge in [0.05, 0.1) is 12.2 Å². The molecule has 2 aliphatic heterocycles. The summed E-state index contributed by atoms with van der Waals surface area (Å²) in [4.78, 5) is 38.1. The Morgan fingerprint density at radius 1 is 1.11 bits per heavy atom. The fraction of sp³-hybridized carbons (Fsp3) is 0.286. The van der Waals surface area contributed by atoms with E-state index in [2.05, 4.69) is 20.8 Å². The van der Waals surface area contributed by atoms with Crippen molar-refractivity contribution in [2.24, 2.45) is 5.92 Å². The van der Waals surface area contributed by atoms with Gasteiger partial charge in [0.15, 0.2) is 11.6 Å². The Hall–Kier alpha value is -2.18. The van der Waals surface area contributed by atoms with Crippen LogP contribution in [0, 0.1) is 5.92 Å². The lowest BCUT2D eigenvalue weighted by Gasteiger charge is -2.30. The number of carbonyl (C=O) groups excluding carboxylic acids is 3. The van der Waals surface area contributed by atoms with Crippen molar-refractivity contribution >= 4 is 56.4 Å². The van der Waals surface area contributed by atoms with E-state index in [1.54, 1.807) is 24.3 Å². The molecule has 1 unspecified atom stereocenters. The molecule has 0 bridgehead atoms. The van der Waals surface area contributed by atoms with Crippen molar-refractivity contribution in [2.75, 3.05) is 29.9 Å². The van der Waals surface area contributed by atoms with Crippen LogP contribution in [0.3, 0.4) is 0 Å². The average Bonchev–Trinajstić information content (AvgIpc) is 2.96. The third-order valence-electron chi connectivity index (χ3n) is 4.86. The summed E-state index contributed by atoms with van der Waals surface area (Å²) in [7, 11) is 1.98. The number of hydrogen-bond acceptors (Lipinski definition) is 4. The van der Waals surface area contributed by atoms with Gasteiger partial charge in [-0.3, -0.25) is 14.4 Å². The molecule has 0 aliphatic carbocycles. The number of fused-ring (bicyclic) bond motifs is 2. The number of ketones is 2. The van der Waals surface area contributed by atoms with Gasteiger partial charge >= 0.3 is 0 Å². The van der Waals surface area contributed by atoms with E-state index in [-0.39, 0.29) is 29.9 Å². The standard InChI is InChI=1S/C11H12ClNO.C10H8BrNO2/c1-7-6-13(2)10-5-8(12)3-4-9(10)11(7)14;1-6(13)12-5-10(14)8-3-2-7(11)4-9(8)12/h3-5,7H,6H2,1-2H3;2-4H,5H2,1H3. The van der Waals surface area contributed by atoms with Gasteiger partial charge in [-0.2, -0.15) is 0 Å². The van der Waals surface area contributed by atoms with Crippen molar-refractivity contribution < 1.29 is 14.4 Å². The van der Waals surface area contributed by atoms with Gasteiger partial charge in [0.1, 0.15) is 0 Å². The Morgan fingerprint density at radius 3 is 2.46 bits per heavy atom. The van der Waals surface area contributed by atoms with E-state index in [9.17, 15) is 14.4 Å². The molecular formula is C21H20BrClN2O3. The number of benzene rings is 2. The van der Waals surface area contributed by atoms with Crippen LogP contribution in [0.4, 0.5) is 11.4 Å². The first kappa shape index (κ1) is 20.6. The normalized spacial score (nSPS) is 17.7. The van der Waals surface area contributed by atoms with E-state index in [4.69, 9.17) is 11.6 Å². The Morgan fingerprint density at radius 2 is 1.79 bits per heavy atom. The topological polar surface area (TPSA) is 57.7 Å². The van der Waals surface area contributed by atoms with Crippen molar-refractivity contribution in [3.05, 3.63) is 57.0 Å². The Balaban J connectivity index is 0.000000161. The van der Waals surface area contributed by atoms with Crippen molar-refractivity contribution in [2.45, 2.75) is 13.8 Å². The molecule has 1 amide bonds. The lowest BCUT2D eigenvalue weighted by molar-refractivity contribution is -0.116. The minimum absolute atomic E-state index is 0.00250. The van der Waals surface area contributed by atoms with Crippen LogP contribution < -0.4 is 9.80 Å². The van der Waals surface area contributed by atoms with Crippen LogP contribution in [-0.2, 0) is 4.79 Å². The highest BCUT2D eigenvalue weighted by Crippen LogP contribution is 2.31. The molecule has 28 heavy (non-hydrogen) atoms. The molecule has 5 nitrogen and oxygen atoms in total. The number of Topliss-reactive ketones (excluding diaryl/α,β-unsaturated/α-hetero) is 2. The second-order valence-corrected chi connectivity index (χ2v) is 8.35. The van der Waals surface area contributed by atoms with E-state index in [1.165, 1.54) is 11.8 Å². The average molecular weight is 464 g/mol. The summed E-state index contributed by atoms with van der Waals surface area (Å²) in [5.74, 6) is 0.196. The number of amides is 1. The Bertz CT molecular complexity index is 976. The summed E-state index contributed by atoms with van der Waals surface area (Å²) in [5, 5.41) is 0.679. The van der Waals surface area contributed by atoms with Crippen molar-refractivity contribution in [3.8, 4) is 0 Å².